The van der Waals surface area contributed by atoms with E-state index in [1.165, 1.54) is 12.1 Å². The molecule has 2 nitrogen and oxygen atoms in total. The standard InChI is InChI=1S/C10H13ClFNO/c1-10(2,13)5-6-3-7(11)9(12)8(14)4-6/h3-4,14H,5,13H2,1-2H3. The minimum Gasteiger partial charge on any atom is -0.505 e. The van der Waals surface area contributed by atoms with Crippen molar-refractivity contribution in [1.29, 1.82) is 0 Å². The van der Waals surface area contributed by atoms with E-state index in [-0.39, 0.29) is 5.02 Å². The number of halogens is 2. The van der Waals surface area contributed by atoms with Crippen molar-refractivity contribution in [1.82, 2.24) is 0 Å². The molecule has 1 aromatic rings. The van der Waals surface area contributed by atoms with E-state index in [0.717, 1.165) is 5.56 Å². The van der Waals surface area contributed by atoms with E-state index >= 15 is 0 Å². The molecule has 0 atom stereocenters. The first-order valence-electron chi connectivity index (χ1n) is 4.25. The molecule has 1 rings (SSSR count). The fourth-order valence-corrected chi connectivity index (χ4v) is 1.49. The summed E-state index contributed by atoms with van der Waals surface area (Å²) in [4.78, 5) is 0. The van der Waals surface area contributed by atoms with Gasteiger partial charge in [-0.05, 0) is 38.0 Å². The van der Waals surface area contributed by atoms with Gasteiger partial charge in [-0.1, -0.05) is 11.6 Å². The SMILES string of the molecule is CC(C)(N)Cc1cc(O)c(F)c(Cl)c1. The summed E-state index contributed by atoms with van der Waals surface area (Å²) in [6.45, 7) is 3.70. The average Bonchev–Trinajstić information content (AvgIpc) is 1.96. The molecule has 0 saturated heterocycles. The summed E-state index contributed by atoms with van der Waals surface area (Å²) < 4.78 is 12.9. The van der Waals surface area contributed by atoms with Crippen LogP contribution >= 0.6 is 11.6 Å². The lowest BCUT2D eigenvalue weighted by Gasteiger charge is -2.18. The zero-order chi connectivity index (χ0) is 10.9. The van der Waals surface area contributed by atoms with Crippen LogP contribution in [0, 0.1) is 5.82 Å². The van der Waals surface area contributed by atoms with Crippen molar-refractivity contribution < 1.29 is 9.50 Å². The van der Waals surface area contributed by atoms with Crippen LogP contribution < -0.4 is 5.73 Å². The fraction of sp³-hybridized carbons (Fsp3) is 0.400. The molecule has 0 saturated carbocycles. The third kappa shape index (κ3) is 2.86. The maximum Gasteiger partial charge on any atom is 0.183 e. The average molecular weight is 218 g/mol. The molecule has 78 valence electrons. The van der Waals surface area contributed by atoms with Crippen molar-refractivity contribution in [2.45, 2.75) is 25.8 Å². The van der Waals surface area contributed by atoms with E-state index in [9.17, 15) is 9.50 Å². The Morgan fingerprint density at radius 3 is 2.50 bits per heavy atom. The van der Waals surface area contributed by atoms with E-state index in [1.54, 1.807) is 0 Å². The Hall–Kier alpha value is -0.800. The van der Waals surface area contributed by atoms with Crippen molar-refractivity contribution in [3.05, 3.63) is 28.5 Å². The van der Waals surface area contributed by atoms with Crippen LogP contribution in [-0.4, -0.2) is 10.6 Å². The third-order valence-electron chi connectivity index (χ3n) is 1.73. The van der Waals surface area contributed by atoms with Crippen molar-refractivity contribution in [3.8, 4) is 5.75 Å². The van der Waals surface area contributed by atoms with E-state index in [2.05, 4.69) is 0 Å². The molecule has 0 aliphatic rings. The fourth-order valence-electron chi connectivity index (χ4n) is 1.26. The zero-order valence-electron chi connectivity index (χ0n) is 8.14. The van der Waals surface area contributed by atoms with Crippen LogP contribution in [-0.2, 0) is 6.42 Å². The summed E-state index contributed by atoms with van der Waals surface area (Å²) in [5.41, 5.74) is 6.10. The molecule has 0 aromatic heterocycles. The van der Waals surface area contributed by atoms with Crippen LogP contribution in [0.15, 0.2) is 12.1 Å². The second-order valence-corrected chi connectivity index (χ2v) is 4.48. The summed E-state index contributed by atoms with van der Waals surface area (Å²) in [5, 5.41) is 9.10. The molecular weight excluding hydrogens is 205 g/mol. The molecule has 0 heterocycles. The second-order valence-electron chi connectivity index (χ2n) is 4.08. The van der Waals surface area contributed by atoms with E-state index < -0.39 is 17.1 Å². The van der Waals surface area contributed by atoms with Crippen molar-refractivity contribution in [3.63, 3.8) is 0 Å². The van der Waals surface area contributed by atoms with Gasteiger partial charge in [0, 0.05) is 5.54 Å². The molecule has 0 radical (unpaired) electrons. The first-order chi connectivity index (χ1) is 6.29. The van der Waals surface area contributed by atoms with Crippen LogP contribution in [0.25, 0.3) is 0 Å². The lowest BCUT2D eigenvalue weighted by Crippen LogP contribution is -2.34. The summed E-state index contributed by atoms with van der Waals surface area (Å²) in [6.07, 6.45) is 0.528. The highest BCUT2D eigenvalue weighted by Crippen LogP contribution is 2.26. The molecular formula is C10H13ClFNO. The summed E-state index contributed by atoms with van der Waals surface area (Å²) >= 11 is 5.57. The number of hydrogen-bond donors (Lipinski definition) is 2. The van der Waals surface area contributed by atoms with Gasteiger partial charge in [0.15, 0.2) is 11.6 Å². The van der Waals surface area contributed by atoms with Crippen molar-refractivity contribution in [2.75, 3.05) is 0 Å². The topological polar surface area (TPSA) is 46.2 Å². The van der Waals surface area contributed by atoms with Gasteiger partial charge in [-0.15, -0.1) is 0 Å². The van der Waals surface area contributed by atoms with Gasteiger partial charge in [-0.25, -0.2) is 4.39 Å². The first kappa shape index (κ1) is 11.3. The highest BCUT2D eigenvalue weighted by atomic mass is 35.5. The maximum atomic E-state index is 12.9. The smallest absolute Gasteiger partial charge is 0.183 e. The van der Waals surface area contributed by atoms with Gasteiger partial charge in [0.1, 0.15) is 0 Å². The van der Waals surface area contributed by atoms with Crippen LogP contribution in [0.4, 0.5) is 4.39 Å². The zero-order valence-corrected chi connectivity index (χ0v) is 8.90. The predicted molar refractivity (Wildman–Crippen MR) is 55.0 cm³/mol. The Kier molecular flexibility index (Phi) is 3.02. The summed E-state index contributed by atoms with van der Waals surface area (Å²) in [7, 11) is 0. The molecule has 0 aliphatic carbocycles. The lowest BCUT2D eigenvalue weighted by atomic mass is 9.96. The molecule has 0 bridgehead atoms. The molecule has 4 heteroatoms. The molecule has 0 unspecified atom stereocenters. The Bertz CT molecular complexity index is 323. The van der Waals surface area contributed by atoms with Crippen molar-refractivity contribution in [2.24, 2.45) is 5.73 Å². The number of nitrogens with two attached hydrogens (primary N) is 1. The van der Waals surface area contributed by atoms with Gasteiger partial charge in [0.05, 0.1) is 5.02 Å². The normalized spacial score (nSPS) is 11.8. The summed E-state index contributed by atoms with van der Waals surface area (Å²) in [5.74, 6) is -1.22. The van der Waals surface area contributed by atoms with Gasteiger partial charge >= 0.3 is 0 Å². The van der Waals surface area contributed by atoms with Gasteiger partial charge in [-0.2, -0.15) is 0 Å². The minimum atomic E-state index is -0.787. The van der Waals surface area contributed by atoms with Gasteiger partial charge < -0.3 is 10.8 Å². The van der Waals surface area contributed by atoms with Crippen LogP contribution in [0.1, 0.15) is 19.4 Å². The van der Waals surface area contributed by atoms with Crippen LogP contribution in [0.3, 0.4) is 0 Å². The van der Waals surface area contributed by atoms with Gasteiger partial charge in [-0.3, -0.25) is 0 Å². The van der Waals surface area contributed by atoms with Crippen LogP contribution in [0.5, 0.6) is 5.75 Å². The van der Waals surface area contributed by atoms with E-state index in [1.807, 2.05) is 13.8 Å². The van der Waals surface area contributed by atoms with Crippen LogP contribution in [0.2, 0.25) is 5.02 Å². The predicted octanol–water partition coefficient (Wildman–Crippen LogP) is 2.46. The minimum absolute atomic E-state index is 0.0794. The Morgan fingerprint density at radius 2 is 2.07 bits per heavy atom. The number of phenolic OH excluding ortho intramolecular Hbond substituents is 1. The Balaban J connectivity index is 3.02. The molecule has 0 fully saturated rings. The quantitative estimate of drug-likeness (QED) is 0.800. The summed E-state index contributed by atoms with van der Waals surface area (Å²) in [6, 6.07) is 2.82. The third-order valence-corrected chi connectivity index (χ3v) is 2.00. The molecule has 0 aliphatic heterocycles. The van der Waals surface area contributed by atoms with Gasteiger partial charge in [0.2, 0.25) is 0 Å². The highest BCUT2D eigenvalue weighted by molar-refractivity contribution is 6.30. The number of aromatic hydroxyl groups is 1. The van der Waals surface area contributed by atoms with Crippen molar-refractivity contribution >= 4 is 11.6 Å². The number of phenols is 1. The monoisotopic (exact) mass is 217 g/mol. The number of hydrogen-bond acceptors (Lipinski definition) is 2. The van der Waals surface area contributed by atoms with E-state index in [4.69, 9.17) is 17.3 Å². The molecule has 0 spiro atoms. The first-order valence-corrected chi connectivity index (χ1v) is 4.63. The number of rotatable bonds is 2. The van der Waals surface area contributed by atoms with E-state index in [0.29, 0.717) is 6.42 Å². The maximum absolute atomic E-state index is 12.9. The molecule has 3 N–H and O–H groups in total. The Morgan fingerprint density at radius 1 is 1.50 bits per heavy atom. The molecule has 1 aromatic carbocycles. The number of benzene rings is 1. The highest BCUT2D eigenvalue weighted by Gasteiger charge is 2.15. The molecule has 14 heavy (non-hydrogen) atoms. The van der Waals surface area contributed by atoms with Gasteiger partial charge in [0.25, 0.3) is 0 Å². The molecule has 0 amide bonds. The Labute approximate surface area is 87.5 Å². The second kappa shape index (κ2) is 3.75. The largest absolute Gasteiger partial charge is 0.505 e. The lowest BCUT2D eigenvalue weighted by molar-refractivity contribution is 0.430.